The summed E-state index contributed by atoms with van der Waals surface area (Å²) in [6.45, 7) is 8.33. The van der Waals surface area contributed by atoms with E-state index in [1.807, 2.05) is 0 Å². The van der Waals surface area contributed by atoms with Crippen LogP contribution in [0.5, 0.6) is 0 Å². The summed E-state index contributed by atoms with van der Waals surface area (Å²) in [5.41, 5.74) is 0. The quantitative estimate of drug-likeness (QED) is 0.781. The third kappa shape index (κ3) is 5.41. The van der Waals surface area contributed by atoms with E-state index in [1.165, 1.54) is 51.5 Å². The normalized spacial score (nSPS) is 23.4. The van der Waals surface area contributed by atoms with Crippen molar-refractivity contribution in [3.8, 4) is 0 Å². The third-order valence-corrected chi connectivity index (χ3v) is 4.59. The molecule has 1 heterocycles. The van der Waals surface area contributed by atoms with Crippen LogP contribution in [-0.2, 0) is 4.79 Å². The second-order valence-electron chi connectivity index (χ2n) is 6.37. The fraction of sp³-hybridized carbons (Fsp3) is 0.938. The Morgan fingerprint density at radius 1 is 1.00 bits per heavy atom. The van der Waals surface area contributed by atoms with Crippen molar-refractivity contribution in [2.75, 3.05) is 39.3 Å². The zero-order chi connectivity index (χ0) is 14.2. The Morgan fingerprint density at radius 3 is 2.20 bits per heavy atom. The van der Waals surface area contributed by atoms with Crippen LogP contribution in [0, 0.1) is 0 Å². The molecular formula is C16H31N3O. The number of nitrogens with zero attached hydrogens (tertiary/aromatic N) is 2. The monoisotopic (exact) mass is 281 g/mol. The van der Waals surface area contributed by atoms with Gasteiger partial charge < -0.3 is 10.2 Å². The van der Waals surface area contributed by atoms with Gasteiger partial charge in [-0.3, -0.25) is 9.69 Å². The molecule has 0 aromatic rings. The predicted octanol–water partition coefficient (Wildman–Crippen LogP) is 1.85. The summed E-state index contributed by atoms with van der Waals surface area (Å²) in [4.78, 5) is 16.9. The van der Waals surface area contributed by atoms with Crippen LogP contribution in [0.4, 0.5) is 0 Å². The molecule has 0 aromatic carbocycles. The SMILES string of the molecule is CCCN1CCN(CC(=O)NC2CCCCCC2)CC1. The van der Waals surface area contributed by atoms with E-state index < -0.39 is 0 Å². The number of rotatable bonds is 5. The van der Waals surface area contributed by atoms with Crippen molar-refractivity contribution in [3.63, 3.8) is 0 Å². The lowest BCUT2D eigenvalue weighted by atomic mass is 10.1. The van der Waals surface area contributed by atoms with Gasteiger partial charge in [-0.2, -0.15) is 0 Å². The number of amides is 1. The molecule has 1 aliphatic carbocycles. The summed E-state index contributed by atoms with van der Waals surface area (Å²) >= 11 is 0. The largest absolute Gasteiger partial charge is 0.352 e. The van der Waals surface area contributed by atoms with Crippen molar-refractivity contribution >= 4 is 5.91 Å². The molecule has 0 aromatic heterocycles. The van der Waals surface area contributed by atoms with Crippen LogP contribution in [0.2, 0.25) is 0 Å². The Bertz CT molecular complexity index is 279. The Kier molecular flexibility index (Phi) is 6.80. The fourth-order valence-corrected chi connectivity index (χ4v) is 3.39. The molecule has 0 atom stereocenters. The molecule has 1 saturated heterocycles. The van der Waals surface area contributed by atoms with E-state index in [1.54, 1.807) is 0 Å². The fourth-order valence-electron chi connectivity index (χ4n) is 3.39. The first kappa shape index (κ1) is 15.8. The summed E-state index contributed by atoms with van der Waals surface area (Å²) in [7, 11) is 0. The second kappa shape index (κ2) is 8.63. The van der Waals surface area contributed by atoms with Crippen molar-refractivity contribution < 1.29 is 4.79 Å². The minimum atomic E-state index is 0.237. The Labute approximate surface area is 123 Å². The zero-order valence-electron chi connectivity index (χ0n) is 13.1. The Balaban J connectivity index is 1.64. The van der Waals surface area contributed by atoms with E-state index in [9.17, 15) is 4.79 Å². The van der Waals surface area contributed by atoms with E-state index in [0.717, 1.165) is 26.2 Å². The number of hydrogen-bond acceptors (Lipinski definition) is 3. The molecule has 0 bridgehead atoms. The molecule has 116 valence electrons. The highest BCUT2D eigenvalue weighted by atomic mass is 16.2. The van der Waals surface area contributed by atoms with Gasteiger partial charge in [0.25, 0.3) is 0 Å². The number of carbonyl (C=O) groups is 1. The summed E-state index contributed by atoms with van der Waals surface area (Å²) in [6.07, 6.45) is 8.81. The molecule has 4 nitrogen and oxygen atoms in total. The lowest BCUT2D eigenvalue weighted by molar-refractivity contribution is -0.123. The molecular weight excluding hydrogens is 250 g/mol. The van der Waals surface area contributed by atoms with Crippen LogP contribution in [-0.4, -0.2) is 61.0 Å². The van der Waals surface area contributed by atoms with Crippen molar-refractivity contribution in [3.05, 3.63) is 0 Å². The van der Waals surface area contributed by atoms with Crippen LogP contribution in [0.15, 0.2) is 0 Å². The first-order valence-electron chi connectivity index (χ1n) is 8.52. The van der Waals surface area contributed by atoms with Gasteiger partial charge in [0.1, 0.15) is 0 Å². The first-order valence-corrected chi connectivity index (χ1v) is 8.52. The van der Waals surface area contributed by atoms with Gasteiger partial charge in [-0.05, 0) is 25.8 Å². The lowest BCUT2D eigenvalue weighted by Gasteiger charge is -2.34. The van der Waals surface area contributed by atoms with Gasteiger partial charge in [0.05, 0.1) is 6.54 Å². The zero-order valence-corrected chi connectivity index (χ0v) is 13.1. The molecule has 0 unspecified atom stereocenters. The summed E-state index contributed by atoms with van der Waals surface area (Å²) in [6, 6.07) is 0.436. The van der Waals surface area contributed by atoms with Gasteiger partial charge in [0, 0.05) is 32.2 Å². The molecule has 1 amide bonds. The summed E-state index contributed by atoms with van der Waals surface area (Å²) < 4.78 is 0. The average Bonchev–Trinajstić information content (AvgIpc) is 2.70. The van der Waals surface area contributed by atoms with Crippen LogP contribution < -0.4 is 5.32 Å². The van der Waals surface area contributed by atoms with Crippen LogP contribution in [0.1, 0.15) is 51.9 Å². The lowest BCUT2D eigenvalue weighted by Crippen LogP contribution is -2.50. The number of carbonyl (C=O) groups excluding carboxylic acids is 1. The van der Waals surface area contributed by atoms with Crippen molar-refractivity contribution in [2.24, 2.45) is 0 Å². The van der Waals surface area contributed by atoms with E-state index in [-0.39, 0.29) is 5.91 Å². The Morgan fingerprint density at radius 2 is 1.60 bits per heavy atom. The standard InChI is InChI=1S/C16H31N3O/c1-2-9-18-10-12-19(13-11-18)14-16(20)17-15-7-5-3-4-6-8-15/h15H,2-14H2,1H3,(H,17,20). The van der Waals surface area contributed by atoms with Gasteiger partial charge in [0.15, 0.2) is 0 Å². The second-order valence-corrected chi connectivity index (χ2v) is 6.37. The first-order chi connectivity index (χ1) is 9.78. The molecule has 2 aliphatic rings. The molecule has 0 spiro atoms. The maximum Gasteiger partial charge on any atom is 0.234 e. The van der Waals surface area contributed by atoms with E-state index >= 15 is 0 Å². The van der Waals surface area contributed by atoms with Gasteiger partial charge in [-0.1, -0.05) is 32.6 Å². The average molecular weight is 281 g/mol. The van der Waals surface area contributed by atoms with Gasteiger partial charge in [-0.15, -0.1) is 0 Å². The van der Waals surface area contributed by atoms with E-state index in [2.05, 4.69) is 22.0 Å². The molecule has 1 N–H and O–H groups in total. The number of nitrogens with one attached hydrogen (secondary N) is 1. The van der Waals surface area contributed by atoms with Crippen LogP contribution in [0.3, 0.4) is 0 Å². The van der Waals surface area contributed by atoms with Gasteiger partial charge in [0.2, 0.25) is 5.91 Å². The van der Waals surface area contributed by atoms with Crippen molar-refractivity contribution in [1.82, 2.24) is 15.1 Å². The smallest absolute Gasteiger partial charge is 0.234 e. The summed E-state index contributed by atoms with van der Waals surface area (Å²) in [5, 5.41) is 3.25. The van der Waals surface area contributed by atoms with Crippen LogP contribution in [0.25, 0.3) is 0 Å². The molecule has 2 rings (SSSR count). The van der Waals surface area contributed by atoms with Crippen molar-refractivity contribution in [2.45, 2.75) is 57.9 Å². The third-order valence-electron chi connectivity index (χ3n) is 4.59. The van der Waals surface area contributed by atoms with Gasteiger partial charge in [-0.25, -0.2) is 0 Å². The highest BCUT2D eigenvalue weighted by molar-refractivity contribution is 5.78. The maximum atomic E-state index is 12.1. The highest BCUT2D eigenvalue weighted by Crippen LogP contribution is 2.17. The highest BCUT2D eigenvalue weighted by Gasteiger charge is 2.20. The van der Waals surface area contributed by atoms with Crippen LogP contribution >= 0.6 is 0 Å². The van der Waals surface area contributed by atoms with Gasteiger partial charge >= 0.3 is 0 Å². The molecule has 0 radical (unpaired) electrons. The topological polar surface area (TPSA) is 35.6 Å². The number of hydrogen-bond donors (Lipinski definition) is 1. The molecule has 20 heavy (non-hydrogen) atoms. The van der Waals surface area contributed by atoms with E-state index in [0.29, 0.717) is 12.6 Å². The molecule has 2 fully saturated rings. The summed E-state index contributed by atoms with van der Waals surface area (Å²) in [5.74, 6) is 0.237. The maximum absolute atomic E-state index is 12.1. The Hall–Kier alpha value is -0.610. The molecule has 4 heteroatoms. The van der Waals surface area contributed by atoms with E-state index in [4.69, 9.17) is 0 Å². The number of piperazine rings is 1. The molecule has 1 aliphatic heterocycles. The molecule has 1 saturated carbocycles. The van der Waals surface area contributed by atoms with Crippen molar-refractivity contribution in [1.29, 1.82) is 0 Å². The minimum Gasteiger partial charge on any atom is -0.352 e. The minimum absolute atomic E-state index is 0.237. The predicted molar refractivity (Wildman–Crippen MR) is 82.8 cm³/mol.